The van der Waals surface area contributed by atoms with Crippen LogP contribution in [-0.2, 0) is 15.6 Å². The Morgan fingerprint density at radius 2 is 1.52 bits per heavy atom. The second-order valence-corrected chi connectivity index (χ2v) is 8.33. The van der Waals surface area contributed by atoms with Gasteiger partial charge in [-0.2, -0.15) is 0 Å². The molecule has 2 fully saturated rings. The molecule has 4 nitrogen and oxygen atoms in total. The van der Waals surface area contributed by atoms with E-state index in [1.165, 1.54) is 11.6 Å². The highest BCUT2D eigenvalue weighted by Crippen LogP contribution is 2.47. The maximum absolute atomic E-state index is 13.7. The molecular formula is C24H30FN3O. The largest absolute Gasteiger partial charge is 0.381 e. The summed E-state index contributed by atoms with van der Waals surface area (Å²) < 4.78 is 19.3. The van der Waals surface area contributed by atoms with Crippen molar-refractivity contribution in [1.82, 2.24) is 10.6 Å². The third kappa shape index (κ3) is 4.45. The Morgan fingerprint density at radius 1 is 0.897 bits per heavy atom. The number of ether oxygens (including phenoxy) is 1. The van der Waals surface area contributed by atoms with Crippen molar-refractivity contribution < 1.29 is 9.13 Å². The van der Waals surface area contributed by atoms with Crippen LogP contribution < -0.4 is 10.6 Å². The highest BCUT2D eigenvalue weighted by atomic mass is 19.1. The summed E-state index contributed by atoms with van der Waals surface area (Å²) in [4.78, 5) is 4.43. The van der Waals surface area contributed by atoms with Crippen LogP contribution in [0.5, 0.6) is 0 Å². The first-order valence-corrected chi connectivity index (χ1v) is 10.5. The fraction of sp³-hybridized carbons (Fsp3) is 0.458. The molecule has 0 unspecified atom stereocenters. The van der Waals surface area contributed by atoms with Crippen LogP contribution in [0.2, 0.25) is 0 Å². The van der Waals surface area contributed by atoms with Crippen LogP contribution in [0.4, 0.5) is 4.39 Å². The molecule has 1 aliphatic carbocycles. The van der Waals surface area contributed by atoms with Gasteiger partial charge in [0.15, 0.2) is 5.96 Å². The minimum atomic E-state index is -0.166. The quantitative estimate of drug-likeness (QED) is 0.578. The van der Waals surface area contributed by atoms with Crippen LogP contribution >= 0.6 is 0 Å². The maximum Gasteiger partial charge on any atom is 0.191 e. The zero-order valence-corrected chi connectivity index (χ0v) is 17.1. The third-order valence-electron chi connectivity index (χ3n) is 6.54. The molecule has 1 saturated carbocycles. The Hall–Kier alpha value is -2.40. The van der Waals surface area contributed by atoms with Crippen molar-refractivity contribution in [3.05, 3.63) is 71.5 Å². The summed E-state index contributed by atoms with van der Waals surface area (Å²) in [7, 11) is 1.80. The maximum atomic E-state index is 13.7. The molecule has 2 aromatic rings. The second kappa shape index (κ2) is 8.54. The van der Waals surface area contributed by atoms with Gasteiger partial charge < -0.3 is 15.4 Å². The minimum absolute atomic E-state index is 0.0233. The zero-order chi connectivity index (χ0) is 20.2. The lowest BCUT2D eigenvalue weighted by molar-refractivity contribution is 0.0514. The van der Waals surface area contributed by atoms with Crippen LogP contribution in [-0.4, -0.2) is 39.3 Å². The summed E-state index contributed by atoms with van der Waals surface area (Å²) >= 11 is 0. The van der Waals surface area contributed by atoms with Crippen molar-refractivity contribution in [2.75, 3.05) is 33.4 Å². The van der Waals surface area contributed by atoms with E-state index in [-0.39, 0.29) is 16.6 Å². The summed E-state index contributed by atoms with van der Waals surface area (Å²) in [6.07, 6.45) is 4.14. The monoisotopic (exact) mass is 395 g/mol. The van der Waals surface area contributed by atoms with E-state index >= 15 is 0 Å². The van der Waals surface area contributed by atoms with Crippen LogP contribution in [0.15, 0.2) is 59.6 Å². The Morgan fingerprint density at radius 3 is 2.10 bits per heavy atom. The molecule has 1 saturated heterocycles. The van der Waals surface area contributed by atoms with Gasteiger partial charge in [0.05, 0.1) is 0 Å². The first-order valence-electron chi connectivity index (χ1n) is 10.5. The summed E-state index contributed by atoms with van der Waals surface area (Å²) in [5, 5.41) is 7.03. The predicted molar refractivity (Wildman–Crippen MR) is 115 cm³/mol. The molecule has 1 heterocycles. The van der Waals surface area contributed by atoms with Gasteiger partial charge in [0, 0.05) is 44.2 Å². The molecule has 29 heavy (non-hydrogen) atoms. The Balaban J connectivity index is 1.40. The number of nitrogens with one attached hydrogen (secondary N) is 2. The van der Waals surface area contributed by atoms with Crippen molar-refractivity contribution in [2.24, 2.45) is 4.99 Å². The van der Waals surface area contributed by atoms with Crippen molar-refractivity contribution in [1.29, 1.82) is 0 Å². The predicted octanol–water partition coefficient (Wildman–Crippen LogP) is 3.77. The number of aliphatic imine (C=N–C) groups is 1. The molecule has 2 aromatic carbocycles. The smallest absolute Gasteiger partial charge is 0.191 e. The number of hydrogen-bond acceptors (Lipinski definition) is 2. The van der Waals surface area contributed by atoms with Crippen LogP contribution in [0.3, 0.4) is 0 Å². The molecule has 0 aromatic heterocycles. The Labute approximate surface area is 172 Å². The molecule has 2 N–H and O–H groups in total. The van der Waals surface area contributed by atoms with Gasteiger partial charge in [-0.05, 0) is 48.9 Å². The lowest BCUT2D eigenvalue weighted by Crippen LogP contribution is -2.49. The van der Waals surface area contributed by atoms with E-state index in [0.29, 0.717) is 0 Å². The van der Waals surface area contributed by atoms with E-state index in [0.717, 1.165) is 63.5 Å². The average Bonchev–Trinajstić information content (AvgIpc) is 3.56. The van der Waals surface area contributed by atoms with Gasteiger partial charge >= 0.3 is 0 Å². The molecule has 0 amide bonds. The van der Waals surface area contributed by atoms with Crippen LogP contribution in [0.1, 0.15) is 36.8 Å². The average molecular weight is 396 g/mol. The Kier molecular flexibility index (Phi) is 5.86. The third-order valence-corrected chi connectivity index (χ3v) is 6.54. The van der Waals surface area contributed by atoms with Crippen LogP contribution in [0.25, 0.3) is 0 Å². The molecule has 0 bridgehead atoms. The van der Waals surface area contributed by atoms with Gasteiger partial charge in [-0.15, -0.1) is 0 Å². The first kappa shape index (κ1) is 19.9. The van der Waals surface area contributed by atoms with Crippen molar-refractivity contribution in [2.45, 2.75) is 36.5 Å². The fourth-order valence-electron chi connectivity index (χ4n) is 4.38. The zero-order valence-electron chi connectivity index (χ0n) is 17.1. The standard InChI is InChI=1S/C24H30FN3O/c1-26-22(27-17-23(10-11-23)20-8-5-9-21(25)16-20)28-18-24(12-14-29-15-13-24)19-6-3-2-4-7-19/h2-9,16H,10-15,17-18H2,1H3,(H2,26,27,28). The summed E-state index contributed by atoms with van der Waals surface area (Å²) in [6, 6.07) is 17.7. The molecule has 5 heteroatoms. The number of guanidine groups is 1. The topological polar surface area (TPSA) is 45.7 Å². The SMILES string of the molecule is CN=C(NCC1(c2ccccc2)CCOCC1)NCC1(c2cccc(F)c2)CC1. The van der Waals surface area contributed by atoms with E-state index in [9.17, 15) is 4.39 Å². The minimum Gasteiger partial charge on any atom is -0.381 e. The van der Waals surface area contributed by atoms with E-state index in [4.69, 9.17) is 4.74 Å². The molecule has 2 aliphatic rings. The molecule has 1 aliphatic heterocycles. The van der Waals surface area contributed by atoms with Gasteiger partial charge in [-0.1, -0.05) is 42.5 Å². The number of benzene rings is 2. The number of hydrogen-bond donors (Lipinski definition) is 2. The second-order valence-electron chi connectivity index (χ2n) is 8.33. The summed E-state index contributed by atoms with van der Waals surface area (Å²) in [5.74, 6) is 0.634. The van der Waals surface area contributed by atoms with Crippen molar-refractivity contribution >= 4 is 5.96 Å². The molecule has 4 rings (SSSR count). The molecule has 0 atom stereocenters. The number of nitrogens with zero attached hydrogens (tertiary/aromatic N) is 1. The lowest BCUT2D eigenvalue weighted by atomic mass is 9.74. The van der Waals surface area contributed by atoms with E-state index in [1.54, 1.807) is 19.2 Å². The van der Waals surface area contributed by atoms with Gasteiger partial charge in [0.1, 0.15) is 5.82 Å². The van der Waals surface area contributed by atoms with Crippen LogP contribution in [0, 0.1) is 5.82 Å². The molecule has 0 radical (unpaired) electrons. The van der Waals surface area contributed by atoms with Gasteiger partial charge in [0.25, 0.3) is 0 Å². The number of rotatable bonds is 6. The van der Waals surface area contributed by atoms with Gasteiger partial charge in [-0.25, -0.2) is 4.39 Å². The van der Waals surface area contributed by atoms with E-state index < -0.39 is 0 Å². The highest BCUT2D eigenvalue weighted by molar-refractivity contribution is 5.80. The first-order chi connectivity index (χ1) is 14.2. The fourth-order valence-corrected chi connectivity index (χ4v) is 4.38. The molecule has 0 spiro atoms. The van der Waals surface area contributed by atoms with Gasteiger partial charge in [0.2, 0.25) is 0 Å². The molecular weight excluding hydrogens is 365 g/mol. The van der Waals surface area contributed by atoms with E-state index in [2.05, 4.69) is 46.0 Å². The highest BCUT2D eigenvalue weighted by Gasteiger charge is 2.44. The number of halogens is 1. The van der Waals surface area contributed by atoms with Crippen molar-refractivity contribution in [3.8, 4) is 0 Å². The molecule has 154 valence electrons. The lowest BCUT2D eigenvalue weighted by Gasteiger charge is -2.38. The van der Waals surface area contributed by atoms with E-state index in [1.807, 2.05) is 6.07 Å². The summed E-state index contributed by atoms with van der Waals surface area (Å²) in [6.45, 7) is 3.14. The Bertz CT molecular complexity index is 842. The normalized spacial score (nSPS) is 20.1. The van der Waals surface area contributed by atoms with Gasteiger partial charge in [-0.3, -0.25) is 4.99 Å². The summed E-state index contributed by atoms with van der Waals surface area (Å²) in [5.41, 5.74) is 2.50. The van der Waals surface area contributed by atoms with Crippen molar-refractivity contribution in [3.63, 3.8) is 0 Å².